The molecule has 0 aromatic carbocycles. The lowest BCUT2D eigenvalue weighted by atomic mass is 9.49. The van der Waals surface area contributed by atoms with E-state index in [4.69, 9.17) is 9.47 Å². The molecule has 2 atom stereocenters. The number of ether oxygens (including phenoxy) is 2. The van der Waals surface area contributed by atoms with E-state index in [-0.39, 0.29) is 11.7 Å². The van der Waals surface area contributed by atoms with Crippen LogP contribution in [0.25, 0.3) is 0 Å². The molecule has 4 nitrogen and oxygen atoms in total. The molecule has 0 saturated heterocycles. The van der Waals surface area contributed by atoms with Crippen LogP contribution in [0.2, 0.25) is 0 Å². The van der Waals surface area contributed by atoms with Crippen LogP contribution in [0.5, 0.6) is 0 Å². The molecule has 4 saturated carbocycles. The summed E-state index contributed by atoms with van der Waals surface area (Å²) < 4.78 is 10.1. The van der Waals surface area contributed by atoms with Gasteiger partial charge in [0, 0.05) is 31.7 Å². The van der Waals surface area contributed by atoms with E-state index < -0.39 is 0 Å². The Morgan fingerprint density at radius 1 is 1.13 bits per heavy atom. The summed E-state index contributed by atoms with van der Waals surface area (Å²) in [5, 5.41) is 9.41. The number of rotatable bonds is 5. The van der Waals surface area contributed by atoms with E-state index in [1.165, 1.54) is 6.42 Å². The van der Waals surface area contributed by atoms with Crippen LogP contribution in [-0.4, -0.2) is 37.0 Å². The lowest BCUT2D eigenvalue weighted by Gasteiger charge is -2.55. The average molecular weight is 326 g/mol. The van der Waals surface area contributed by atoms with Crippen LogP contribution in [0.1, 0.15) is 52.9 Å². The van der Waals surface area contributed by atoms with Crippen LogP contribution in [0.15, 0.2) is 13.2 Å². The van der Waals surface area contributed by atoms with Crippen molar-refractivity contribution >= 4 is 5.78 Å². The van der Waals surface area contributed by atoms with Crippen molar-refractivity contribution in [1.82, 2.24) is 0 Å². The van der Waals surface area contributed by atoms with Gasteiger partial charge in [-0.25, -0.2) is 0 Å². The van der Waals surface area contributed by atoms with E-state index in [1.807, 2.05) is 20.8 Å². The number of hydrogen-bond acceptors (Lipinski definition) is 4. The fraction of sp³-hybridized carbons (Fsp3) is 0.842. The topological polar surface area (TPSA) is 55.8 Å². The van der Waals surface area contributed by atoms with Gasteiger partial charge in [-0.2, -0.15) is 0 Å². The third kappa shape index (κ3) is 5.13. The molecule has 1 N–H and O–H groups in total. The molecular weight excluding hydrogens is 292 g/mol. The highest BCUT2D eigenvalue weighted by molar-refractivity contribution is 5.85. The molecule has 0 aromatic rings. The molecule has 0 radical (unpaired) electrons. The third-order valence-electron chi connectivity index (χ3n) is 5.26. The molecule has 4 aliphatic carbocycles. The average Bonchev–Trinajstić information content (AvgIpc) is 2.55. The van der Waals surface area contributed by atoms with Crippen LogP contribution >= 0.6 is 0 Å². The summed E-state index contributed by atoms with van der Waals surface area (Å²) in [6, 6.07) is 0. The molecule has 4 fully saturated rings. The largest absolute Gasteiger partial charge is 0.396 e. The van der Waals surface area contributed by atoms with Crippen LogP contribution in [0, 0.1) is 23.2 Å². The number of aliphatic hydroxyl groups excluding tert-OH is 1. The van der Waals surface area contributed by atoms with Gasteiger partial charge in [0.25, 0.3) is 0 Å². The van der Waals surface area contributed by atoms with Gasteiger partial charge in [-0.15, -0.1) is 13.2 Å². The molecule has 4 rings (SSSR count). The van der Waals surface area contributed by atoms with Crippen molar-refractivity contribution in [3.05, 3.63) is 13.2 Å². The Bertz CT molecular complexity index is 344. The predicted octanol–water partition coefficient (Wildman–Crippen LogP) is 3.58. The van der Waals surface area contributed by atoms with Gasteiger partial charge in [0.15, 0.2) is 6.29 Å². The lowest BCUT2D eigenvalue weighted by Crippen LogP contribution is -2.52. The molecule has 0 aromatic heterocycles. The highest BCUT2D eigenvalue weighted by Gasteiger charge is 2.54. The molecule has 0 amide bonds. The first-order valence-electron chi connectivity index (χ1n) is 8.91. The highest BCUT2D eigenvalue weighted by Crippen LogP contribution is 2.58. The van der Waals surface area contributed by atoms with Crippen molar-refractivity contribution in [1.29, 1.82) is 0 Å². The van der Waals surface area contributed by atoms with Gasteiger partial charge >= 0.3 is 0 Å². The second-order valence-corrected chi connectivity index (χ2v) is 6.88. The molecule has 134 valence electrons. The van der Waals surface area contributed by atoms with E-state index >= 15 is 0 Å². The number of Topliss-reactive ketones (excluding diaryl/α,β-unsaturated/α-hetero) is 1. The first kappa shape index (κ1) is 20.3. The SMILES string of the molecule is C=C.CCOC(C)OCC.O=C1C2CC3CC1CC(CO)(C3)C2. The second kappa shape index (κ2) is 9.55. The van der Waals surface area contributed by atoms with Crippen LogP contribution in [0.4, 0.5) is 0 Å². The van der Waals surface area contributed by atoms with Gasteiger partial charge in [0.05, 0.1) is 0 Å². The van der Waals surface area contributed by atoms with Gasteiger partial charge in [-0.05, 0) is 64.2 Å². The van der Waals surface area contributed by atoms with E-state index in [0.29, 0.717) is 24.2 Å². The molecular formula is C19H34O4. The van der Waals surface area contributed by atoms with Gasteiger partial charge < -0.3 is 14.6 Å². The van der Waals surface area contributed by atoms with E-state index in [1.54, 1.807) is 0 Å². The van der Waals surface area contributed by atoms with E-state index in [0.717, 1.165) is 44.8 Å². The number of carbonyl (C=O) groups is 1. The van der Waals surface area contributed by atoms with Gasteiger partial charge in [0.2, 0.25) is 0 Å². The molecule has 0 aliphatic heterocycles. The Labute approximate surface area is 141 Å². The summed E-state index contributed by atoms with van der Waals surface area (Å²) in [5.41, 5.74) is 0.157. The number of aliphatic hydroxyl groups is 1. The normalized spacial score (nSPS) is 33.8. The Kier molecular flexibility index (Phi) is 8.45. The van der Waals surface area contributed by atoms with Crippen molar-refractivity contribution in [3.8, 4) is 0 Å². The zero-order valence-electron chi connectivity index (χ0n) is 15.1. The third-order valence-corrected chi connectivity index (χ3v) is 5.26. The molecule has 23 heavy (non-hydrogen) atoms. The summed E-state index contributed by atoms with van der Waals surface area (Å²) in [5.74, 6) is 1.90. The van der Waals surface area contributed by atoms with Crippen molar-refractivity contribution in [2.24, 2.45) is 23.2 Å². The zero-order valence-corrected chi connectivity index (χ0v) is 15.1. The summed E-state index contributed by atoms with van der Waals surface area (Å²) in [7, 11) is 0. The summed E-state index contributed by atoms with van der Waals surface area (Å²) in [6.07, 6.45) is 5.35. The van der Waals surface area contributed by atoms with Crippen molar-refractivity contribution in [2.75, 3.05) is 19.8 Å². The molecule has 4 aliphatic rings. The molecule has 4 heteroatoms. The molecule has 0 heterocycles. The minimum atomic E-state index is -0.0370. The summed E-state index contributed by atoms with van der Waals surface area (Å²) in [6.45, 7) is 13.6. The van der Waals surface area contributed by atoms with Crippen LogP contribution in [-0.2, 0) is 14.3 Å². The van der Waals surface area contributed by atoms with Gasteiger partial charge in [0.1, 0.15) is 5.78 Å². The maximum atomic E-state index is 11.8. The summed E-state index contributed by atoms with van der Waals surface area (Å²) in [4.78, 5) is 11.8. The Morgan fingerprint density at radius 3 is 2.00 bits per heavy atom. The smallest absolute Gasteiger partial charge is 0.154 e. The molecule has 2 unspecified atom stereocenters. The lowest BCUT2D eigenvalue weighted by molar-refractivity contribution is -0.150. The summed E-state index contributed by atoms with van der Waals surface area (Å²) >= 11 is 0. The number of hydrogen-bond donors (Lipinski definition) is 1. The maximum absolute atomic E-state index is 11.8. The van der Waals surface area contributed by atoms with Crippen molar-refractivity contribution in [3.63, 3.8) is 0 Å². The minimum Gasteiger partial charge on any atom is -0.396 e. The number of carbonyl (C=O) groups excluding carboxylic acids is 1. The quantitative estimate of drug-likeness (QED) is 0.620. The monoisotopic (exact) mass is 326 g/mol. The van der Waals surface area contributed by atoms with Crippen molar-refractivity contribution in [2.45, 2.75) is 59.2 Å². The van der Waals surface area contributed by atoms with Crippen LogP contribution in [0.3, 0.4) is 0 Å². The van der Waals surface area contributed by atoms with Gasteiger partial charge in [-0.1, -0.05) is 0 Å². The molecule has 4 bridgehead atoms. The predicted molar refractivity (Wildman–Crippen MR) is 92.0 cm³/mol. The minimum absolute atomic E-state index is 0.0370. The van der Waals surface area contributed by atoms with Crippen LogP contribution < -0.4 is 0 Å². The Balaban J connectivity index is 0.000000232. The van der Waals surface area contributed by atoms with E-state index in [9.17, 15) is 9.90 Å². The first-order chi connectivity index (χ1) is 11.0. The highest BCUT2D eigenvalue weighted by atomic mass is 16.7. The molecule has 0 spiro atoms. The Hall–Kier alpha value is -0.710. The standard InChI is InChI=1S/C11H16O2.C6H14O2.C2H4/c12-6-11-3-7-1-8(4-11)10(13)9(2-7)5-11;1-4-7-6(3)8-5-2;1-2/h7-9,12H,1-6H2;6H,4-5H2,1-3H3;1-2H2. The number of ketones is 1. The maximum Gasteiger partial charge on any atom is 0.154 e. The fourth-order valence-corrected chi connectivity index (χ4v) is 4.62. The van der Waals surface area contributed by atoms with E-state index in [2.05, 4.69) is 13.2 Å². The van der Waals surface area contributed by atoms with Crippen molar-refractivity contribution < 1.29 is 19.4 Å². The fourth-order valence-electron chi connectivity index (χ4n) is 4.62. The van der Waals surface area contributed by atoms with Gasteiger partial charge in [-0.3, -0.25) is 4.79 Å². The zero-order chi connectivity index (χ0) is 17.5. The Morgan fingerprint density at radius 2 is 1.61 bits per heavy atom. The second-order valence-electron chi connectivity index (χ2n) is 6.88. The first-order valence-corrected chi connectivity index (χ1v) is 8.91.